The van der Waals surface area contributed by atoms with Gasteiger partial charge < -0.3 is 0 Å². The molecule has 0 saturated heterocycles. The number of aromatic nitrogens is 2. The highest BCUT2D eigenvalue weighted by Crippen LogP contribution is 2.06. The Kier molecular flexibility index (Phi) is 12.9. The topological polar surface area (TPSA) is 25.8 Å². The Morgan fingerprint density at radius 2 is 1.16 bits per heavy atom. The van der Waals surface area contributed by atoms with Crippen LogP contribution in [0.1, 0.15) is 40.3 Å². The van der Waals surface area contributed by atoms with E-state index in [0.29, 0.717) is 5.56 Å². The van der Waals surface area contributed by atoms with E-state index < -0.39 is 0 Å². The second kappa shape index (κ2) is 15.5. The summed E-state index contributed by atoms with van der Waals surface area (Å²) in [5.74, 6) is -0.132. The van der Waals surface area contributed by atoms with E-state index in [0.717, 1.165) is 6.42 Å². The van der Waals surface area contributed by atoms with Gasteiger partial charge in [-0.3, -0.25) is 9.97 Å². The first-order valence-corrected chi connectivity index (χ1v) is 10.8. The fraction of sp³-hybridized carbons (Fsp3) is 0.241. The van der Waals surface area contributed by atoms with Crippen molar-refractivity contribution in [3.63, 3.8) is 0 Å². The number of aryl methyl sites for hydroxylation is 6. The van der Waals surface area contributed by atoms with Crippen LogP contribution in [-0.4, -0.2) is 9.97 Å². The second-order valence-corrected chi connectivity index (χ2v) is 7.66. The van der Waals surface area contributed by atoms with E-state index in [2.05, 4.69) is 61.9 Å². The zero-order valence-corrected chi connectivity index (χ0v) is 20.1. The van der Waals surface area contributed by atoms with Gasteiger partial charge in [0, 0.05) is 24.8 Å². The lowest BCUT2D eigenvalue weighted by Crippen LogP contribution is -1.78. The Morgan fingerprint density at radius 3 is 1.44 bits per heavy atom. The highest BCUT2D eigenvalue weighted by atomic mass is 19.1. The zero-order chi connectivity index (χ0) is 23.8. The summed E-state index contributed by atoms with van der Waals surface area (Å²) in [6.45, 7) is 12.3. The Bertz CT molecular complexity index is 944. The minimum absolute atomic E-state index is 0.132. The first-order chi connectivity index (χ1) is 15.3. The molecule has 4 rings (SSSR count). The largest absolute Gasteiger partial charge is 0.264 e. The molecule has 0 unspecified atom stereocenters. The van der Waals surface area contributed by atoms with Gasteiger partial charge in [-0.1, -0.05) is 72.1 Å². The van der Waals surface area contributed by atoms with Crippen LogP contribution in [0.25, 0.3) is 0 Å². The molecule has 0 aliphatic heterocycles. The predicted molar refractivity (Wildman–Crippen MR) is 134 cm³/mol. The molecule has 0 fully saturated rings. The first-order valence-electron chi connectivity index (χ1n) is 10.8. The molecular formula is C29H35FN2. The van der Waals surface area contributed by atoms with E-state index >= 15 is 0 Å². The number of rotatable bonds is 1. The van der Waals surface area contributed by atoms with Gasteiger partial charge in [0.05, 0.1) is 0 Å². The number of halogens is 1. The molecule has 32 heavy (non-hydrogen) atoms. The molecule has 0 saturated carbocycles. The summed E-state index contributed by atoms with van der Waals surface area (Å²) in [6.07, 6.45) is 8.36. The Labute approximate surface area is 193 Å². The molecule has 2 nitrogen and oxygen atoms in total. The summed E-state index contributed by atoms with van der Waals surface area (Å²) < 4.78 is 12.3. The molecule has 0 atom stereocenters. The Balaban J connectivity index is 0.000000214. The average molecular weight is 431 g/mol. The van der Waals surface area contributed by atoms with Crippen molar-refractivity contribution in [3.05, 3.63) is 131 Å². The van der Waals surface area contributed by atoms with Crippen LogP contribution >= 0.6 is 0 Å². The van der Waals surface area contributed by atoms with E-state index in [-0.39, 0.29) is 5.82 Å². The van der Waals surface area contributed by atoms with Crippen LogP contribution in [-0.2, 0) is 6.42 Å². The third-order valence-electron chi connectivity index (χ3n) is 4.38. The van der Waals surface area contributed by atoms with Crippen LogP contribution in [0.15, 0.2) is 91.5 Å². The van der Waals surface area contributed by atoms with Crippen LogP contribution < -0.4 is 0 Å². The van der Waals surface area contributed by atoms with Crippen LogP contribution in [0.2, 0.25) is 0 Å². The van der Waals surface area contributed by atoms with Gasteiger partial charge in [0.25, 0.3) is 0 Å². The maximum atomic E-state index is 12.3. The van der Waals surface area contributed by atoms with Gasteiger partial charge in [-0.25, -0.2) is 4.39 Å². The zero-order valence-electron chi connectivity index (χ0n) is 20.1. The van der Waals surface area contributed by atoms with Crippen molar-refractivity contribution in [3.8, 4) is 0 Å². The molecule has 0 amide bonds. The van der Waals surface area contributed by atoms with E-state index in [1.807, 2.05) is 43.6 Å². The van der Waals surface area contributed by atoms with Gasteiger partial charge in [-0.2, -0.15) is 0 Å². The third-order valence-corrected chi connectivity index (χ3v) is 4.38. The van der Waals surface area contributed by atoms with Gasteiger partial charge in [0.15, 0.2) is 0 Å². The summed E-state index contributed by atoms with van der Waals surface area (Å²) in [5.41, 5.74) is 7.27. The van der Waals surface area contributed by atoms with Crippen molar-refractivity contribution in [1.29, 1.82) is 0 Å². The fourth-order valence-corrected chi connectivity index (χ4v) is 2.81. The number of benzene rings is 2. The molecule has 3 heteroatoms. The smallest absolute Gasteiger partial charge is 0.126 e. The number of nitrogens with zero attached hydrogens (tertiary/aromatic N) is 2. The molecule has 0 radical (unpaired) electrons. The lowest BCUT2D eigenvalue weighted by molar-refractivity contribution is 0.618. The van der Waals surface area contributed by atoms with Crippen molar-refractivity contribution in [2.75, 3.05) is 0 Å². The van der Waals surface area contributed by atoms with Crippen molar-refractivity contribution in [2.24, 2.45) is 0 Å². The number of pyridine rings is 2. The molecule has 0 aliphatic rings. The van der Waals surface area contributed by atoms with Crippen molar-refractivity contribution < 1.29 is 4.39 Å². The minimum atomic E-state index is -0.132. The van der Waals surface area contributed by atoms with Crippen molar-refractivity contribution in [1.82, 2.24) is 9.97 Å². The molecule has 168 valence electrons. The highest BCUT2D eigenvalue weighted by Gasteiger charge is 1.89. The summed E-state index contributed by atoms with van der Waals surface area (Å²) in [5, 5.41) is 0. The van der Waals surface area contributed by atoms with E-state index in [1.165, 1.54) is 33.9 Å². The number of hydrogen-bond acceptors (Lipinski definition) is 2. The van der Waals surface area contributed by atoms with Gasteiger partial charge >= 0.3 is 0 Å². The number of hydrogen-bond donors (Lipinski definition) is 0. The maximum absolute atomic E-state index is 12.3. The molecule has 2 aromatic heterocycles. The molecule has 0 bridgehead atoms. The van der Waals surface area contributed by atoms with E-state index in [9.17, 15) is 4.39 Å². The Morgan fingerprint density at radius 1 is 0.625 bits per heavy atom. The van der Waals surface area contributed by atoms with Crippen LogP contribution in [0, 0.1) is 40.4 Å². The van der Waals surface area contributed by atoms with Gasteiger partial charge in [0.2, 0.25) is 0 Å². The second-order valence-electron chi connectivity index (χ2n) is 7.66. The van der Waals surface area contributed by atoms with Crippen LogP contribution in [0.3, 0.4) is 0 Å². The highest BCUT2D eigenvalue weighted by molar-refractivity contribution is 5.27. The molecule has 0 N–H and O–H groups in total. The molecule has 0 spiro atoms. The fourth-order valence-electron chi connectivity index (χ4n) is 2.81. The summed E-state index contributed by atoms with van der Waals surface area (Å²) >= 11 is 0. The molecule has 4 aromatic rings. The van der Waals surface area contributed by atoms with E-state index in [1.54, 1.807) is 31.5 Å². The van der Waals surface area contributed by atoms with E-state index in [4.69, 9.17) is 0 Å². The lowest BCUT2D eigenvalue weighted by Gasteiger charge is -1.96. The molecule has 2 heterocycles. The molecular weight excluding hydrogens is 395 g/mol. The maximum Gasteiger partial charge on any atom is 0.126 e. The standard InChI is InChI=1S/C9H12.C7H7F.C7H9N.C6H7N/c1-7-4-8(2)6-9(3)5-7;1-6-4-2-3-5-7(6)8;1-2-7-4-3-5-8-6-7;1-6-3-2-4-7-5-6/h4-6H,1-3H3;2-5H,1H3;3-6H,2H2,1H3;2-5H,1H3. The van der Waals surface area contributed by atoms with Gasteiger partial charge in [-0.15, -0.1) is 0 Å². The molecule has 0 aliphatic carbocycles. The van der Waals surface area contributed by atoms with Crippen LogP contribution in [0.5, 0.6) is 0 Å². The van der Waals surface area contributed by atoms with Crippen molar-refractivity contribution in [2.45, 2.75) is 48.0 Å². The summed E-state index contributed by atoms with van der Waals surface area (Å²) in [7, 11) is 0. The van der Waals surface area contributed by atoms with Gasteiger partial charge in [-0.05, 0) is 75.9 Å². The van der Waals surface area contributed by atoms with Gasteiger partial charge in [0.1, 0.15) is 5.82 Å². The molecule has 2 aromatic carbocycles. The summed E-state index contributed by atoms with van der Waals surface area (Å²) in [6, 6.07) is 21.2. The minimum Gasteiger partial charge on any atom is -0.264 e. The van der Waals surface area contributed by atoms with Crippen LogP contribution in [0.4, 0.5) is 4.39 Å². The monoisotopic (exact) mass is 430 g/mol. The average Bonchev–Trinajstić information content (AvgIpc) is 2.77. The Hall–Kier alpha value is -3.33. The predicted octanol–water partition coefficient (Wildman–Crippen LogP) is 7.78. The lowest BCUT2D eigenvalue weighted by atomic mass is 10.1. The first kappa shape index (κ1) is 26.7. The SMILES string of the molecule is CCc1cccnc1.Cc1cc(C)cc(C)c1.Cc1ccccc1F.Cc1cccnc1. The van der Waals surface area contributed by atoms with Crippen molar-refractivity contribution >= 4 is 0 Å². The quantitative estimate of drug-likeness (QED) is 0.308. The third kappa shape index (κ3) is 12.4. The summed E-state index contributed by atoms with van der Waals surface area (Å²) in [4.78, 5) is 7.84. The normalized spacial score (nSPS) is 9.22.